The van der Waals surface area contributed by atoms with Crippen LogP contribution in [0, 0.1) is 0 Å². The Bertz CT molecular complexity index is 284. The molecule has 0 fully saturated rings. The van der Waals surface area contributed by atoms with Gasteiger partial charge in [0.1, 0.15) is 0 Å². The van der Waals surface area contributed by atoms with Gasteiger partial charge in [-0.15, -0.1) is 0 Å². The van der Waals surface area contributed by atoms with E-state index in [4.69, 9.17) is 4.52 Å². The molecule has 0 aromatic heterocycles. The Hall–Kier alpha value is 0.110. The standard InChI is InChI=1S/C18H39O4P/c1-3-5-6-7-8-9-10-11-12-13-14-15-16-17-18-22-23(19,20)21-4-2/h3-18H2,1-2H3,(H,19,20)/p-1. The first-order chi connectivity index (χ1) is 11.1. The van der Waals surface area contributed by atoms with Gasteiger partial charge in [0.05, 0.1) is 13.2 Å². The minimum absolute atomic E-state index is 0.138. The van der Waals surface area contributed by atoms with E-state index in [-0.39, 0.29) is 13.2 Å². The average molecular weight is 349 g/mol. The Morgan fingerprint density at radius 1 is 0.652 bits per heavy atom. The highest BCUT2D eigenvalue weighted by molar-refractivity contribution is 7.45. The number of phosphoric ester groups is 1. The fraction of sp³-hybridized carbons (Fsp3) is 1.00. The van der Waals surface area contributed by atoms with Gasteiger partial charge in [0.2, 0.25) is 0 Å². The monoisotopic (exact) mass is 349 g/mol. The molecule has 0 radical (unpaired) electrons. The fourth-order valence-corrected chi connectivity index (χ4v) is 3.41. The quantitative estimate of drug-likeness (QED) is 0.225. The van der Waals surface area contributed by atoms with E-state index in [1.807, 2.05) is 0 Å². The van der Waals surface area contributed by atoms with E-state index in [0.29, 0.717) is 0 Å². The number of rotatable bonds is 18. The zero-order chi connectivity index (χ0) is 17.2. The smallest absolute Gasteiger partial charge is 0.267 e. The van der Waals surface area contributed by atoms with Gasteiger partial charge in [-0.1, -0.05) is 90.4 Å². The topological polar surface area (TPSA) is 58.6 Å². The van der Waals surface area contributed by atoms with Crippen molar-refractivity contribution >= 4 is 7.82 Å². The molecule has 1 unspecified atom stereocenters. The van der Waals surface area contributed by atoms with Crippen LogP contribution in [0.25, 0.3) is 0 Å². The maximum atomic E-state index is 11.1. The summed E-state index contributed by atoms with van der Waals surface area (Å²) >= 11 is 0. The molecule has 0 spiro atoms. The minimum Gasteiger partial charge on any atom is -0.756 e. The van der Waals surface area contributed by atoms with Crippen LogP contribution >= 0.6 is 7.82 Å². The first kappa shape index (κ1) is 23.1. The van der Waals surface area contributed by atoms with Crippen LogP contribution in [0.2, 0.25) is 0 Å². The number of hydrogen-bond donors (Lipinski definition) is 0. The lowest BCUT2D eigenvalue weighted by Gasteiger charge is -2.21. The predicted octanol–water partition coefficient (Wildman–Crippen LogP) is 5.99. The van der Waals surface area contributed by atoms with Gasteiger partial charge in [-0.3, -0.25) is 4.57 Å². The van der Waals surface area contributed by atoms with E-state index >= 15 is 0 Å². The van der Waals surface area contributed by atoms with E-state index in [1.54, 1.807) is 6.92 Å². The van der Waals surface area contributed by atoms with E-state index in [1.165, 1.54) is 70.6 Å². The molecule has 0 saturated heterocycles. The normalized spacial score (nSPS) is 14.0. The Morgan fingerprint density at radius 3 is 1.43 bits per heavy atom. The molecule has 0 heterocycles. The Morgan fingerprint density at radius 2 is 1.04 bits per heavy atom. The summed E-state index contributed by atoms with van der Waals surface area (Å²) in [7, 11) is -4.03. The molecule has 0 aliphatic carbocycles. The zero-order valence-corrected chi connectivity index (χ0v) is 16.3. The second kappa shape index (κ2) is 17.0. The fourth-order valence-electron chi connectivity index (χ4n) is 2.67. The summed E-state index contributed by atoms with van der Waals surface area (Å²) in [5.41, 5.74) is 0. The van der Waals surface area contributed by atoms with Crippen LogP contribution in [0.1, 0.15) is 104 Å². The lowest BCUT2D eigenvalue weighted by molar-refractivity contribution is -0.225. The Kier molecular flexibility index (Phi) is 17.0. The molecule has 0 aromatic carbocycles. The van der Waals surface area contributed by atoms with Gasteiger partial charge in [0.15, 0.2) is 0 Å². The van der Waals surface area contributed by atoms with Crippen LogP contribution < -0.4 is 4.89 Å². The van der Waals surface area contributed by atoms with Crippen molar-refractivity contribution in [3.8, 4) is 0 Å². The highest BCUT2D eigenvalue weighted by atomic mass is 31.2. The largest absolute Gasteiger partial charge is 0.756 e. The van der Waals surface area contributed by atoms with Gasteiger partial charge in [0.25, 0.3) is 7.82 Å². The van der Waals surface area contributed by atoms with Crippen LogP contribution in [0.4, 0.5) is 0 Å². The van der Waals surface area contributed by atoms with Crippen molar-refractivity contribution in [1.29, 1.82) is 0 Å². The molecule has 4 nitrogen and oxygen atoms in total. The molecule has 0 saturated carbocycles. The Balaban J connectivity index is 3.12. The zero-order valence-electron chi connectivity index (χ0n) is 15.4. The molecular formula is C18H38O4P-. The second-order valence-corrected chi connectivity index (χ2v) is 7.71. The second-order valence-electron chi connectivity index (χ2n) is 6.29. The van der Waals surface area contributed by atoms with E-state index in [9.17, 15) is 9.46 Å². The molecule has 1 atom stereocenters. The van der Waals surface area contributed by atoms with Gasteiger partial charge >= 0.3 is 0 Å². The molecule has 5 heteroatoms. The summed E-state index contributed by atoms with van der Waals surface area (Å²) < 4.78 is 20.4. The van der Waals surface area contributed by atoms with Gasteiger partial charge in [-0.2, -0.15) is 0 Å². The van der Waals surface area contributed by atoms with E-state index in [0.717, 1.165) is 19.3 Å². The van der Waals surface area contributed by atoms with Crippen molar-refractivity contribution in [3.63, 3.8) is 0 Å². The van der Waals surface area contributed by atoms with Crippen molar-refractivity contribution in [1.82, 2.24) is 0 Å². The molecule has 0 rings (SSSR count). The lowest BCUT2D eigenvalue weighted by Crippen LogP contribution is -2.08. The highest BCUT2D eigenvalue weighted by Gasteiger charge is 2.06. The van der Waals surface area contributed by atoms with Gasteiger partial charge in [-0.25, -0.2) is 0 Å². The summed E-state index contributed by atoms with van der Waals surface area (Å²) in [5, 5.41) is 0. The van der Waals surface area contributed by atoms with Crippen LogP contribution in [-0.2, 0) is 13.6 Å². The van der Waals surface area contributed by atoms with Crippen LogP contribution in [0.15, 0.2) is 0 Å². The molecule has 0 bridgehead atoms. The molecule has 0 amide bonds. The highest BCUT2D eigenvalue weighted by Crippen LogP contribution is 2.37. The molecule has 23 heavy (non-hydrogen) atoms. The maximum absolute atomic E-state index is 11.1. The van der Waals surface area contributed by atoms with E-state index in [2.05, 4.69) is 11.4 Å². The van der Waals surface area contributed by atoms with Crippen molar-refractivity contribution in [2.75, 3.05) is 13.2 Å². The van der Waals surface area contributed by atoms with Gasteiger partial charge < -0.3 is 13.9 Å². The third-order valence-electron chi connectivity index (χ3n) is 4.03. The SMILES string of the molecule is CCCCCCCCCCCCCCCCOP(=O)([O-])OCC. The molecular weight excluding hydrogens is 311 g/mol. The minimum atomic E-state index is -4.03. The van der Waals surface area contributed by atoms with Gasteiger partial charge in [0, 0.05) is 0 Å². The maximum Gasteiger partial charge on any atom is 0.267 e. The third-order valence-corrected chi connectivity index (χ3v) is 5.11. The summed E-state index contributed by atoms with van der Waals surface area (Å²) in [6, 6.07) is 0. The summed E-state index contributed by atoms with van der Waals surface area (Å²) in [4.78, 5) is 11.1. The van der Waals surface area contributed by atoms with Gasteiger partial charge in [-0.05, 0) is 13.3 Å². The lowest BCUT2D eigenvalue weighted by atomic mass is 10.0. The predicted molar refractivity (Wildman–Crippen MR) is 95.5 cm³/mol. The van der Waals surface area contributed by atoms with Crippen LogP contribution in [-0.4, -0.2) is 13.2 Å². The van der Waals surface area contributed by atoms with E-state index < -0.39 is 7.82 Å². The van der Waals surface area contributed by atoms with Crippen LogP contribution in [0.5, 0.6) is 0 Å². The molecule has 0 aliphatic heterocycles. The van der Waals surface area contributed by atoms with Crippen molar-refractivity contribution in [3.05, 3.63) is 0 Å². The number of phosphoric acid groups is 1. The third kappa shape index (κ3) is 18.3. The Labute approximate surface area is 144 Å². The molecule has 0 aromatic rings. The molecule has 0 N–H and O–H groups in total. The number of hydrogen-bond acceptors (Lipinski definition) is 4. The van der Waals surface area contributed by atoms with Crippen LogP contribution in [0.3, 0.4) is 0 Å². The van der Waals surface area contributed by atoms with Crippen molar-refractivity contribution in [2.24, 2.45) is 0 Å². The first-order valence-corrected chi connectivity index (χ1v) is 11.2. The summed E-state index contributed by atoms with van der Waals surface area (Å²) in [6.07, 6.45) is 18.0. The van der Waals surface area contributed by atoms with Crippen molar-refractivity contribution < 1.29 is 18.5 Å². The van der Waals surface area contributed by atoms with Crippen molar-refractivity contribution in [2.45, 2.75) is 104 Å². The first-order valence-electron chi connectivity index (χ1n) is 9.72. The number of unbranched alkanes of at least 4 members (excludes halogenated alkanes) is 13. The summed E-state index contributed by atoms with van der Waals surface area (Å²) in [5.74, 6) is 0. The summed E-state index contributed by atoms with van der Waals surface area (Å²) in [6.45, 7) is 4.29. The molecule has 140 valence electrons. The molecule has 0 aliphatic rings. The average Bonchev–Trinajstić information content (AvgIpc) is 2.51.